The van der Waals surface area contributed by atoms with Crippen molar-refractivity contribution in [2.24, 2.45) is 10.3 Å². The Morgan fingerprint density at radius 3 is 1.64 bits per heavy atom. The van der Waals surface area contributed by atoms with Crippen LogP contribution in [-0.4, -0.2) is 21.8 Å². The molecule has 0 saturated heterocycles. The van der Waals surface area contributed by atoms with E-state index in [0.717, 1.165) is 32.1 Å². The van der Waals surface area contributed by atoms with Crippen LogP contribution in [0.3, 0.4) is 0 Å². The van der Waals surface area contributed by atoms with Gasteiger partial charge in [-0.3, -0.25) is 0 Å². The van der Waals surface area contributed by atoms with Gasteiger partial charge in [0.2, 0.25) is 0 Å². The van der Waals surface area contributed by atoms with E-state index in [9.17, 15) is 0 Å². The summed E-state index contributed by atoms with van der Waals surface area (Å²) >= 11 is 0. The van der Waals surface area contributed by atoms with Crippen molar-refractivity contribution in [3.8, 4) is 0 Å². The molecule has 11 heavy (non-hydrogen) atoms. The van der Waals surface area contributed by atoms with E-state index < -0.39 is 0 Å². The zero-order valence-corrected chi connectivity index (χ0v) is 6.32. The molecule has 4 nitrogen and oxygen atoms in total. The van der Waals surface area contributed by atoms with Crippen LogP contribution in [0.5, 0.6) is 0 Å². The summed E-state index contributed by atoms with van der Waals surface area (Å²) in [5.41, 5.74) is 1.06. The molecule has 1 rings (SSSR count). The smallest absolute Gasteiger partial charge is 0.104 e. The summed E-state index contributed by atoms with van der Waals surface area (Å²) in [6.45, 7) is 0. The Kier molecular flexibility index (Phi) is 2.89. The minimum absolute atomic E-state index is 0.532. The Balaban J connectivity index is 2.71. The number of oxime groups is 2. The first-order valence-corrected chi connectivity index (χ1v) is 3.80. The lowest BCUT2D eigenvalue weighted by molar-refractivity contribution is 0.312. The molecule has 62 valence electrons. The van der Waals surface area contributed by atoms with Gasteiger partial charge in [0.25, 0.3) is 0 Å². The van der Waals surface area contributed by atoms with E-state index >= 15 is 0 Å². The lowest BCUT2D eigenvalue weighted by atomic mass is 10.1. The van der Waals surface area contributed by atoms with Gasteiger partial charge in [-0.2, -0.15) is 0 Å². The number of nitrogens with zero attached hydrogens (tertiary/aromatic N) is 2. The highest BCUT2D eigenvalue weighted by Crippen LogP contribution is 2.13. The molecule has 0 aromatic carbocycles. The third kappa shape index (κ3) is 1.93. The summed E-state index contributed by atoms with van der Waals surface area (Å²) in [5, 5.41) is 23.2. The van der Waals surface area contributed by atoms with Gasteiger partial charge in [-0.15, -0.1) is 0 Å². The second-order valence-corrected chi connectivity index (χ2v) is 2.65. The summed E-state index contributed by atoms with van der Waals surface area (Å²) in [7, 11) is 0. The van der Waals surface area contributed by atoms with Crippen molar-refractivity contribution >= 4 is 11.4 Å². The summed E-state index contributed by atoms with van der Waals surface area (Å²) in [6, 6.07) is 0. The Labute approximate surface area is 65.2 Å². The minimum Gasteiger partial charge on any atom is -0.411 e. The third-order valence-corrected chi connectivity index (χ3v) is 1.90. The fraction of sp³-hybridized carbons (Fsp3) is 0.714. The van der Waals surface area contributed by atoms with Crippen molar-refractivity contribution < 1.29 is 10.4 Å². The Hall–Kier alpha value is -1.06. The Morgan fingerprint density at radius 2 is 1.27 bits per heavy atom. The summed E-state index contributed by atoms with van der Waals surface area (Å²) < 4.78 is 0. The molecule has 1 aliphatic carbocycles. The predicted octanol–water partition coefficient (Wildman–Crippen LogP) is 1.61. The summed E-state index contributed by atoms with van der Waals surface area (Å²) in [4.78, 5) is 0. The van der Waals surface area contributed by atoms with Gasteiger partial charge in [0.05, 0.1) is 0 Å². The highest BCUT2D eigenvalue weighted by atomic mass is 16.4. The van der Waals surface area contributed by atoms with Gasteiger partial charge in [0, 0.05) is 0 Å². The van der Waals surface area contributed by atoms with Crippen LogP contribution >= 0.6 is 0 Å². The largest absolute Gasteiger partial charge is 0.411 e. The molecule has 0 spiro atoms. The summed E-state index contributed by atoms with van der Waals surface area (Å²) in [6.07, 6.45) is 4.57. The average Bonchev–Trinajstić information content (AvgIpc) is 2.27. The van der Waals surface area contributed by atoms with Crippen molar-refractivity contribution in [2.45, 2.75) is 32.1 Å². The predicted molar refractivity (Wildman–Crippen MR) is 41.5 cm³/mol. The SMILES string of the molecule is O/N=C1\CCCCC\C1=N/O. The fourth-order valence-corrected chi connectivity index (χ4v) is 1.27. The molecule has 0 unspecified atom stereocenters. The summed E-state index contributed by atoms with van der Waals surface area (Å²) in [5.74, 6) is 0. The van der Waals surface area contributed by atoms with E-state index in [2.05, 4.69) is 10.3 Å². The van der Waals surface area contributed by atoms with Crippen molar-refractivity contribution in [2.75, 3.05) is 0 Å². The monoisotopic (exact) mass is 156 g/mol. The van der Waals surface area contributed by atoms with Gasteiger partial charge >= 0.3 is 0 Å². The molecule has 2 N–H and O–H groups in total. The van der Waals surface area contributed by atoms with Crippen LogP contribution in [0.1, 0.15) is 32.1 Å². The molecule has 0 bridgehead atoms. The number of hydrogen-bond donors (Lipinski definition) is 2. The van der Waals surface area contributed by atoms with E-state index in [1.165, 1.54) is 0 Å². The highest BCUT2D eigenvalue weighted by molar-refractivity contribution is 6.42. The van der Waals surface area contributed by atoms with Gasteiger partial charge in [-0.05, 0) is 25.7 Å². The quantitative estimate of drug-likeness (QED) is 0.318. The lowest BCUT2D eigenvalue weighted by Crippen LogP contribution is -2.11. The van der Waals surface area contributed by atoms with Crippen LogP contribution in [0.2, 0.25) is 0 Å². The first kappa shape index (κ1) is 8.04. The maximum Gasteiger partial charge on any atom is 0.104 e. The van der Waals surface area contributed by atoms with Gasteiger partial charge in [-0.1, -0.05) is 16.7 Å². The maximum atomic E-state index is 8.51. The molecule has 0 aromatic heterocycles. The molecule has 1 aliphatic rings. The van der Waals surface area contributed by atoms with E-state index in [1.54, 1.807) is 0 Å². The van der Waals surface area contributed by atoms with E-state index in [0.29, 0.717) is 11.4 Å². The fourth-order valence-electron chi connectivity index (χ4n) is 1.27. The molecular weight excluding hydrogens is 144 g/mol. The molecule has 0 aromatic rings. The highest BCUT2D eigenvalue weighted by Gasteiger charge is 2.13. The van der Waals surface area contributed by atoms with E-state index in [1.807, 2.05) is 0 Å². The molecule has 0 amide bonds. The molecular formula is C7H12N2O2. The molecule has 0 atom stereocenters. The van der Waals surface area contributed by atoms with E-state index in [4.69, 9.17) is 10.4 Å². The molecule has 4 heteroatoms. The second-order valence-electron chi connectivity index (χ2n) is 2.65. The Bertz CT molecular complexity index is 167. The third-order valence-electron chi connectivity index (χ3n) is 1.90. The van der Waals surface area contributed by atoms with Crippen LogP contribution in [0.4, 0.5) is 0 Å². The zero-order valence-electron chi connectivity index (χ0n) is 6.32. The van der Waals surface area contributed by atoms with Crippen LogP contribution in [0, 0.1) is 0 Å². The topological polar surface area (TPSA) is 65.2 Å². The standard InChI is InChI=1S/C7H12N2O2/c10-8-6-4-2-1-3-5-7(6)9-11/h10-11H,1-5H2/b8-6+,9-7+. The van der Waals surface area contributed by atoms with Crippen LogP contribution in [0.25, 0.3) is 0 Å². The number of hydrogen-bond acceptors (Lipinski definition) is 4. The van der Waals surface area contributed by atoms with Gasteiger partial charge in [0.15, 0.2) is 0 Å². The van der Waals surface area contributed by atoms with Crippen molar-refractivity contribution in [1.29, 1.82) is 0 Å². The van der Waals surface area contributed by atoms with Gasteiger partial charge < -0.3 is 10.4 Å². The molecule has 1 fully saturated rings. The van der Waals surface area contributed by atoms with Crippen molar-refractivity contribution in [3.05, 3.63) is 0 Å². The minimum atomic E-state index is 0.532. The number of rotatable bonds is 0. The van der Waals surface area contributed by atoms with Crippen molar-refractivity contribution in [1.82, 2.24) is 0 Å². The van der Waals surface area contributed by atoms with Crippen molar-refractivity contribution in [3.63, 3.8) is 0 Å². The second kappa shape index (κ2) is 3.95. The molecule has 0 aliphatic heterocycles. The van der Waals surface area contributed by atoms with Gasteiger partial charge in [0.1, 0.15) is 11.4 Å². The lowest BCUT2D eigenvalue weighted by Gasteiger charge is -1.98. The van der Waals surface area contributed by atoms with Crippen LogP contribution in [0.15, 0.2) is 10.3 Å². The molecule has 0 radical (unpaired) electrons. The normalized spacial score (nSPS) is 27.3. The van der Waals surface area contributed by atoms with E-state index in [-0.39, 0.29) is 0 Å². The van der Waals surface area contributed by atoms with Crippen LogP contribution < -0.4 is 0 Å². The Morgan fingerprint density at radius 1 is 0.818 bits per heavy atom. The van der Waals surface area contributed by atoms with Crippen LogP contribution in [-0.2, 0) is 0 Å². The van der Waals surface area contributed by atoms with Gasteiger partial charge in [-0.25, -0.2) is 0 Å². The zero-order chi connectivity index (χ0) is 8.10. The maximum absolute atomic E-state index is 8.51. The first-order chi connectivity index (χ1) is 5.38. The molecule has 1 saturated carbocycles. The molecule has 0 heterocycles. The average molecular weight is 156 g/mol. The first-order valence-electron chi connectivity index (χ1n) is 3.80.